The number of hydrogen-bond acceptors (Lipinski definition) is 10. The quantitative estimate of drug-likeness (QED) is 0.190. The molecular weight excluding hydrogens is 663 g/mol. The van der Waals surface area contributed by atoms with E-state index in [9.17, 15) is 14.4 Å². The standard InChI is InChI=1S/C29H29IN2O8S/c1-7-38-22-12-17(11-20(30)26(22)40-16(4)33)13-23-27(34)32-25(19-10-9-18(36-5)14-21(19)37-6)24(28(35)39-8-2)15(3)31-29(32)41-23/h9-14,25H,7-8H2,1-6H3/b23-13-/t25-/m0/s1. The lowest BCUT2D eigenvalue weighted by Crippen LogP contribution is -2.40. The van der Waals surface area contributed by atoms with Gasteiger partial charge in [0.05, 0.1) is 46.8 Å². The smallest absolute Gasteiger partial charge is 0.338 e. The third-order valence-corrected chi connectivity index (χ3v) is 7.91. The molecule has 0 aliphatic carbocycles. The largest absolute Gasteiger partial charge is 0.497 e. The van der Waals surface area contributed by atoms with Crippen LogP contribution in [-0.2, 0) is 14.3 Å². The molecule has 0 saturated heterocycles. The van der Waals surface area contributed by atoms with E-state index in [1.54, 1.807) is 57.4 Å². The van der Waals surface area contributed by atoms with Gasteiger partial charge in [-0.3, -0.25) is 14.2 Å². The van der Waals surface area contributed by atoms with Crippen molar-refractivity contribution in [3.8, 4) is 23.0 Å². The Bertz CT molecular complexity index is 1720. The lowest BCUT2D eigenvalue weighted by atomic mass is 9.95. The van der Waals surface area contributed by atoms with E-state index in [0.29, 0.717) is 59.3 Å². The minimum atomic E-state index is -0.848. The number of thiazole rings is 1. The van der Waals surface area contributed by atoms with Crippen molar-refractivity contribution in [2.75, 3.05) is 27.4 Å². The van der Waals surface area contributed by atoms with Crippen LogP contribution in [0, 0.1) is 3.57 Å². The van der Waals surface area contributed by atoms with Gasteiger partial charge in [-0.1, -0.05) is 11.3 Å². The second-order valence-electron chi connectivity index (χ2n) is 8.77. The summed E-state index contributed by atoms with van der Waals surface area (Å²) in [6.45, 7) is 7.10. The lowest BCUT2D eigenvalue weighted by molar-refractivity contribution is -0.139. The lowest BCUT2D eigenvalue weighted by Gasteiger charge is -2.26. The van der Waals surface area contributed by atoms with Crippen LogP contribution in [0.4, 0.5) is 0 Å². The number of aromatic nitrogens is 1. The highest BCUT2D eigenvalue weighted by atomic mass is 127. The van der Waals surface area contributed by atoms with Crippen LogP contribution in [0.2, 0.25) is 0 Å². The van der Waals surface area contributed by atoms with Gasteiger partial charge in [0.15, 0.2) is 16.3 Å². The van der Waals surface area contributed by atoms with Crippen molar-refractivity contribution in [2.24, 2.45) is 4.99 Å². The number of hydrogen-bond donors (Lipinski definition) is 0. The van der Waals surface area contributed by atoms with Gasteiger partial charge < -0.3 is 23.7 Å². The molecular formula is C29H29IN2O8S. The van der Waals surface area contributed by atoms with E-state index in [0.717, 1.165) is 0 Å². The van der Waals surface area contributed by atoms with Crippen molar-refractivity contribution in [3.05, 3.63) is 76.0 Å². The number of esters is 2. The number of methoxy groups -OCH3 is 2. The van der Waals surface area contributed by atoms with Gasteiger partial charge in [0.25, 0.3) is 5.56 Å². The molecule has 41 heavy (non-hydrogen) atoms. The van der Waals surface area contributed by atoms with E-state index in [2.05, 4.69) is 27.6 Å². The van der Waals surface area contributed by atoms with Gasteiger partial charge in [0.1, 0.15) is 17.5 Å². The highest BCUT2D eigenvalue weighted by Gasteiger charge is 2.35. The van der Waals surface area contributed by atoms with Crippen molar-refractivity contribution in [1.82, 2.24) is 4.57 Å². The number of ether oxygens (including phenoxy) is 5. The fourth-order valence-corrected chi connectivity index (χ4v) is 6.24. The summed E-state index contributed by atoms with van der Waals surface area (Å²) < 4.78 is 30.0. The van der Waals surface area contributed by atoms with Gasteiger partial charge in [0, 0.05) is 18.6 Å². The first-order valence-electron chi connectivity index (χ1n) is 12.7. The Balaban J connectivity index is 1.96. The number of rotatable bonds is 9. The number of carbonyl (C=O) groups is 2. The maximum atomic E-state index is 14.0. The average molecular weight is 693 g/mol. The molecule has 2 heterocycles. The van der Waals surface area contributed by atoms with Crippen molar-refractivity contribution >= 4 is 51.9 Å². The van der Waals surface area contributed by atoms with Crippen LogP contribution in [0.1, 0.15) is 44.9 Å². The molecule has 10 nitrogen and oxygen atoms in total. The first kappa shape index (κ1) is 30.3. The molecule has 3 aromatic rings. The second-order valence-corrected chi connectivity index (χ2v) is 10.9. The predicted octanol–water partition coefficient (Wildman–Crippen LogP) is 3.74. The number of carbonyl (C=O) groups excluding carboxylic acids is 2. The summed E-state index contributed by atoms with van der Waals surface area (Å²) in [4.78, 5) is 43.9. The van der Waals surface area contributed by atoms with E-state index in [4.69, 9.17) is 23.7 Å². The molecule has 216 valence electrons. The maximum absolute atomic E-state index is 14.0. The third kappa shape index (κ3) is 6.17. The monoisotopic (exact) mass is 692 g/mol. The Hall–Kier alpha value is -3.65. The van der Waals surface area contributed by atoms with Gasteiger partial charge in [0.2, 0.25) is 0 Å². The zero-order valence-corrected chi connectivity index (χ0v) is 26.4. The summed E-state index contributed by atoms with van der Waals surface area (Å²) in [5, 5.41) is 0. The minimum absolute atomic E-state index is 0.163. The summed E-state index contributed by atoms with van der Waals surface area (Å²) in [7, 11) is 3.06. The number of allylic oxidation sites excluding steroid dienone is 1. The van der Waals surface area contributed by atoms with Crippen LogP contribution in [0.5, 0.6) is 23.0 Å². The Morgan fingerprint density at radius 2 is 1.85 bits per heavy atom. The normalized spacial score (nSPS) is 14.7. The summed E-state index contributed by atoms with van der Waals surface area (Å²) >= 11 is 3.25. The van der Waals surface area contributed by atoms with E-state index >= 15 is 0 Å². The molecule has 12 heteroatoms. The van der Waals surface area contributed by atoms with E-state index in [1.165, 1.54) is 29.9 Å². The van der Waals surface area contributed by atoms with E-state index < -0.39 is 18.0 Å². The number of halogens is 1. The number of benzene rings is 2. The highest BCUT2D eigenvalue weighted by Crippen LogP contribution is 2.38. The molecule has 1 aliphatic rings. The van der Waals surface area contributed by atoms with Crippen LogP contribution in [0.3, 0.4) is 0 Å². The van der Waals surface area contributed by atoms with Crippen molar-refractivity contribution < 1.29 is 33.3 Å². The average Bonchev–Trinajstić information content (AvgIpc) is 3.23. The van der Waals surface area contributed by atoms with Crippen LogP contribution < -0.4 is 33.8 Å². The molecule has 0 amide bonds. The maximum Gasteiger partial charge on any atom is 0.338 e. The molecule has 1 aromatic heterocycles. The van der Waals surface area contributed by atoms with E-state index in [-0.39, 0.29) is 17.7 Å². The predicted molar refractivity (Wildman–Crippen MR) is 162 cm³/mol. The van der Waals surface area contributed by atoms with Crippen molar-refractivity contribution in [1.29, 1.82) is 0 Å². The van der Waals surface area contributed by atoms with Crippen molar-refractivity contribution in [2.45, 2.75) is 33.7 Å². The van der Waals surface area contributed by atoms with Crippen LogP contribution in [0.25, 0.3) is 6.08 Å². The van der Waals surface area contributed by atoms with Gasteiger partial charge >= 0.3 is 11.9 Å². The second kappa shape index (κ2) is 12.9. The summed E-state index contributed by atoms with van der Waals surface area (Å²) in [5.41, 5.74) is 1.59. The van der Waals surface area contributed by atoms with Crippen LogP contribution in [0.15, 0.2) is 51.4 Å². The Morgan fingerprint density at radius 3 is 2.49 bits per heavy atom. The fraction of sp³-hybridized carbons (Fsp3) is 0.310. The fourth-order valence-electron chi connectivity index (χ4n) is 4.46. The molecule has 0 fully saturated rings. The molecule has 0 unspecified atom stereocenters. The van der Waals surface area contributed by atoms with Crippen LogP contribution >= 0.6 is 33.9 Å². The minimum Gasteiger partial charge on any atom is -0.497 e. The summed E-state index contributed by atoms with van der Waals surface area (Å²) in [6.07, 6.45) is 1.72. The number of fused-ring (bicyclic) bond motifs is 1. The molecule has 0 bridgehead atoms. The Kier molecular flexibility index (Phi) is 9.53. The summed E-state index contributed by atoms with van der Waals surface area (Å²) in [6, 6.07) is 7.86. The Morgan fingerprint density at radius 1 is 1.10 bits per heavy atom. The first-order valence-corrected chi connectivity index (χ1v) is 14.6. The van der Waals surface area contributed by atoms with Gasteiger partial charge in [-0.25, -0.2) is 9.79 Å². The van der Waals surface area contributed by atoms with Gasteiger partial charge in [-0.2, -0.15) is 0 Å². The molecule has 2 aromatic carbocycles. The molecule has 1 atom stereocenters. The highest BCUT2D eigenvalue weighted by molar-refractivity contribution is 14.1. The van der Waals surface area contributed by atoms with Crippen molar-refractivity contribution in [3.63, 3.8) is 0 Å². The topological polar surface area (TPSA) is 115 Å². The Labute approximate surface area is 254 Å². The summed E-state index contributed by atoms with van der Waals surface area (Å²) in [5.74, 6) is 0.676. The molecule has 0 saturated carbocycles. The van der Waals surface area contributed by atoms with Gasteiger partial charge in [-0.05, 0) is 79.3 Å². The third-order valence-electron chi connectivity index (χ3n) is 6.13. The van der Waals surface area contributed by atoms with Gasteiger partial charge in [-0.15, -0.1) is 0 Å². The molecule has 0 radical (unpaired) electrons. The first-order chi connectivity index (χ1) is 19.6. The van der Waals surface area contributed by atoms with Crippen LogP contribution in [-0.4, -0.2) is 43.9 Å². The number of nitrogens with zero attached hydrogens (tertiary/aromatic N) is 2. The zero-order valence-electron chi connectivity index (χ0n) is 23.4. The molecule has 0 N–H and O–H groups in total. The SMILES string of the molecule is CCOC(=O)C1=C(C)N=c2s/c(=C\c3cc(I)c(OC(C)=O)c(OCC)c3)c(=O)n2[C@H]1c1ccc(OC)cc1OC. The molecule has 4 rings (SSSR count). The molecule has 0 spiro atoms. The zero-order chi connectivity index (χ0) is 29.8. The molecule has 1 aliphatic heterocycles. The van der Waals surface area contributed by atoms with E-state index in [1.807, 2.05) is 6.92 Å².